The Hall–Kier alpha value is -0.510. The van der Waals surface area contributed by atoms with E-state index in [0.717, 1.165) is 12.8 Å². The van der Waals surface area contributed by atoms with Gasteiger partial charge in [0.1, 0.15) is 0 Å². The molecule has 1 aromatic carbocycles. The molecule has 0 spiro atoms. The summed E-state index contributed by atoms with van der Waals surface area (Å²) in [6.45, 7) is 2.20. The van der Waals surface area contributed by atoms with Crippen LogP contribution in [-0.2, 0) is 6.42 Å². The summed E-state index contributed by atoms with van der Waals surface area (Å²) in [5, 5.41) is 20.3. The Morgan fingerprint density at radius 3 is 2.30 bits per heavy atom. The fourth-order valence-corrected chi connectivity index (χ4v) is 2.26. The quantitative estimate of drug-likeness (QED) is 0.538. The number of carbonyl (C=O) groups is 1. The zero-order valence-corrected chi connectivity index (χ0v) is 14.7. The van der Waals surface area contributed by atoms with Crippen LogP contribution >= 0.6 is 0 Å². The zero-order chi connectivity index (χ0) is 14.1. The molecule has 0 aliphatic carbocycles. The van der Waals surface area contributed by atoms with Gasteiger partial charge in [-0.3, -0.25) is 0 Å². The molecule has 0 radical (unpaired) electrons. The second-order valence-electron chi connectivity index (χ2n) is 5.00. The third-order valence-corrected chi connectivity index (χ3v) is 3.36. The molecule has 1 rings (SSSR count). The van der Waals surface area contributed by atoms with Gasteiger partial charge in [0, 0.05) is 0 Å². The number of hydrogen-bond donors (Lipinski definition) is 1. The van der Waals surface area contributed by atoms with Crippen LogP contribution < -0.4 is 34.7 Å². The van der Waals surface area contributed by atoms with E-state index >= 15 is 0 Å². The molecule has 0 bridgehead atoms. The van der Waals surface area contributed by atoms with Crippen LogP contribution in [0.2, 0.25) is 0 Å². The van der Waals surface area contributed by atoms with E-state index in [1.807, 2.05) is 0 Å². The number of unbranched alkanes of at least 4 members (excludes halogenated alkanes) is 6. The van der Waals surface area contributed by atoms with E-state index in [1.165, 1.54) is 50.3 Å². The minimum Gasteiger partial charge on any atom is -0.872 e. The Kier molecular flexibility index (Phi) is 10.9. The molecule has 0 unspecified atom stereocenters. The Morgan fingerprint density at radius 1 is 1.10 bits per heavy atom. The number of hydrogen-bond acceptors (Lipinski definition) is 2. The van der Waals surface area contributed by atoms with E-state index in [-0.39, 0.29) is 40.9 Å². The Balaban J connectivity index is 0.00000361. The minimum atomic E-state index is -0.946. The molecular formula is C16H23NaO3. The van der Waals surface area contributed by atoms with E-state index < -0.39 is 5.97 Å². The molecule has 0 amide bonds. The van der Waals surface area contributed by atoms with Gasteiger partial charge in [0.2, 0.25) is 0 Å². The number of aromatic carboxylic acids is 1. The zero-order valence-electron chi connectivity index (χ0n) is 12.7. The molecule has 20 heavy (non-hydrogen) atoms. The van der Waals surface area contributed by atoms with Crippen molar-refractivity contribution in [2.45, 2.75) is 58.3 Å². The third-order valence-electron chi connectivity index (χ3n) is 3.36. The summed E-state index contributed by atoms with van der Waals surface area (Å²) in [4.78, 5) is 11.0. The third kappa shape index (κ3) is 7.32. The SMILES string of the molecule is CCCCCCCCCc1cc([O-])ccc1C(=O)O.[Na+]. The van der Waals surface area contributed by atoms with Crippen LogP contribution in [-0.4, -0.2) is 11.1 Å². The van der Waals surface area contributed by atoms with Gasteiger partial charge >= 0.3 is 35.5 Å². The summed E-state index contributed by atoms with van der Waals surface area (Å²) in [6, 6.07) is 4.19. The summed E-state index contributed by atoms with van der Waals surface area (Å²) in [6.07, 6.45) is 9.01. The van der Waals surface area contributed by atoms with Gasteiger partial charge in [0.25, 0.3) is 0 Å². The van der Waals surface area contributed by atoms with E-state index in [4.69, 9.17) is 5.11 Å². The average Bonchev–Trinajstić information content (AvgIpc) is 2.37. The monoisotopic (exact) mass is 286 g/mol. The van der Waals surface area contributed by atoms with Crippen molar-refractivity contribution in [1.82, 2.24) is 0 Å². The van der Waals surface area contributed by atoms with Gasteiger partial charge in [-0.15, -0.1) is 5.75 Å². The smallest absolute Gasteiger partial charge is 0.872 e. The van der Waals surface area contributed by atoms with E-state index in [2.05, 4.69) is 6.92 Å². The Bertz CT molecular complexity index is 405. The van der Waals surface area contributed by atoms with Crippen molar-refractivity contribution in [2.24, 2.45) is 0 Å². The Morgan fingerprint density at radius 2 is 1.70 bits per heavy atom. The van der Waals surface area contributed by atoms with Crippen molar-refractivity contribution in [3.05, 3.63) is 29.3 Å². The number of carboxylic acids is 1. The van der Waals surface area contributed by atoms with Gasteiger partial charge in [-0.05, 0) is 24.5 Å². The molecule has 0 aliphatic heterocycles. The molecule has 0 atom stereocenters. The van der Waals surface area contributed by atoms with Gasteiger partial charge in [-0.2, -0.15) is 0 Å². The second kappa shape index (κ2) is 11.2. The summed E-state index contributed by atoms with van der Waals surface area (Å²) >= 11 is 0. The summed E-state index contributed by atoms with van der Waals surface area (Å²) in [5.74, 6) is -1.05. The maximum absolute atomic E-state index is 11.3. The number of rotatable bonds is 9. The number of benzene rings is 1. The van der Waals surface area contributed by atoms with Gasteiger partial charge in [0.15, 0.2) is 0 Å². The van der Waals surface area contributed by atoms with Crippen molar-refractivity contribution < 1.29 is 44.6 Å². The van der Waals surface area contributed by atoms with Gasteiger partial charge in [0.05, 0.1) is 5.56 Å². The molecule has 0 aromatic heterocycles. The average molecular weight is 286 g/mol. The van der Waals surface area contributed by atoms with Crippen molar-refractivity contribution in [1.29, 1.82) is 0 Å². The van der Waals surface area contributed by atoms with E-state index in [0.29, 0.717) is 12.0 Å². The van der Waals surface area contributed by atoms with Crippen LogP contribution in [0.3, 0.4) is 0 Å². The molecule has 0 fully saturated rings. The normalized spacial score (nSPS) is 10.1. The molecule has 106 valence electrons. The van der Waals surface area contributed by atoms with Gasteiger partial charge in [-0.1, -0.05) is 57.6 Å². The number of carboxylic acid groups (broad SMARTS) is 1. The van der Waals surface area contributed by atoms with Gasteiger partial charge in [-0.25, -0.2) is 4.79 Å². The van der Waals surface area contributed by atoms with Crippen LogP contribution in [0.5, 0.6) is 5.75 Å². The standard InChI is InChI=1S/C16H24O3.Na/c1-2-3-4-5-6-7-8-9-13-12-14(17)10-11-15(13)16(18)19;/h10-12,17H,2-9H2,1H3,(H,18,19);/q;+1/p-1. The van der Waals surface area contributed by atoms with Crippen LogP contribution in [0.25, 0.3) is 0 Å². The molecule has 1 N–H and O–H groups in total. The summed E-state index contributed by atoms with van der Waals surface area (Å²) in [7, 11) is 0. The largest absolute Gasteiger partial charge is 1.00 e. The first-order chi connectivity index (χ1) is 9.15. The summed E-state index contributed by atoms with van der Waals surface area (Å²) in [5.41, 5.74) is 0.944. The predicted octanol–water partition coefficient (Wildman–Crippen LogP) is 0.756. The maximum atomic E-state index is 11.3. The maximum Gasteiger partial charge on any atom is 1.00 e. The van der Waals surface area contributed by atoms with Crippen LogP contribution in [0.1, 0.15) is 67.8 Å². The molecule has 0 heterocycles. The molecular weight excluding hydrogens is 263 g/mol. The molecule has 0 saturated carbocycles. The van der Waals surface area contributed by atoms with Gasteiger partial charge < -0.3 is 10.2 Å². The molecule has 0 aliphatic rings. The van der Waals surface area contributed by atoms with Crippen LogP contribution in [0.4, 0.5) is 0 Å². The minimum absolute atomic E-state index is 0. The number of aryl methyl sites for hydroxylation is 1. The molecule has 1 aromatic rings. The van der Waals surface area contributed by atoms with Crippen LogP contribution in [0, 0.1) is 0 Å². The van der Waals surface area contributed by atoms with E-state index in [1.54, 1.807) is 0 Å². The fraction of sp³-hybridized carbons (Fsp3) is 0.562. The Labute approximate surface area is 143 Å². The van der Waals surface area contributed by atoms with Crippen molar-refractivity contribution in [3.8, 4) is 5.75 Å². The second-order valence-corrected chi connectivity index (χ2v) is 5.00. The molecule has 4 heteroatoms. The van der Waals surface area contributed by atoms with E-state index in [9.17, 15) is 9.90 Å². The first-order valence-electron chi connectivity index (χ1n) is 7.18. The van der Waals surface area contributed by atoms with Crippen molar-refractivity contribution in [3.63, 3.8) is 0 Å². The topological polar surface area (TPSA) is 60.4 Å². The predicted molar refractivity (Wildman–Crippen MR) is 74.5 cm³/mol. The van der Waals surface area contributed by atoms with Crippen LogP contribution in [0.15, 0.2) is 18.2 Å². The van der Waals surface area contributed by atoms with Crippen molar-refractivity contribution >= 4 is 5.97 Å². The molecule has 3 nitrogen and oxygen atoms in total. The molecule has 0 saturated heterocycles. The summed E-state index contributed by atoms with van der Waals surface area (Å²) < 4.78 is 0. The first-order valence-corrected chi connectivity index (χ1v) is 7.18. The fourth-order valence-electron chi connectivity index (χ4n) is 2.26. The first kappa shape index (κ1) is 19.5. The van der Waals surface area contributed by atoms with Crippen molar-refractivity contribution in [2.75, 3.05) is 0 Å².